The fourth-order valence-corrected chi connectivity index (χ4v) is 4.14. The Bertz CT molecular complexity index is 1350. The maximum Gasteiger partial charge on any atom is 0.246 e. The molecule has 5 rings (SSSR count). The summed E-state index contributed by atoms with van der Waals surface area (Å²) in [7, 11) is 0. The Labute approximate surface area is 194 Å². The lowest BCUT2D eigenvalue weighted by atomic mass is 10.1. The number of ether oxygens (including phenoxy) is 1. The number of benzene rings is 1. The van der Waals surface area contributed by atoms with Crippen molar-refractivity contribution < 1.29 is 13.9 Å². The zero-order chi connectivity index (χ0) is 23.7. The molecule has 0 radical (unpaired) electrons. The maximum absolute atomic E-state index is 13.1. The number of nitrogens with zero attached hydrogens (tertiary/aromatic N) is 6. The molecule has 1 amide bonds. The molecule has 9 nitrogen and oxygen atoms in total. The summed E-state index contributed by atoms with van der Waals surface area (Å²) < 4.78 is 20.6. The van der Waals surface area contributed by atoms with Crippen LogP contribution in [0.4, 0.5) is 10.2 Å². The van der Waals surface area contributed by atoms with Gasteiger partial charge in [0.15, 0.2) is 5.65 Å². The van der Waals surface area contributed by atoms with E-state index in [-0.39, 0.29) is 17.8 Å². The summed E-state index contributed by atoms with van der Waals surface area (Å²) in [5.74, 6) is 0.705. The lowest BCUT2D eigenvalue weighted by Gasteiger charge is -2.32. The van der Waals surface area contributed by atoms with Gasteiger partial charge in [0.2, 0.25) is 11.8 Å². The summed E-state index contributed by atoms with van der Waals surface area (Å²) in [5.41, 5.74) is 8.14. The third kappa shape index (κ3) is 4.05. The summed E-state index contributed by atoms with van der Waals surface area (Å²) in [4.78, 5) is 26.9. The van der Waals surface area contributed by atoms with E-state index in [4.69, 9.17) is 15.6 Å². The predicted molar refractivity (Wildman–Crippen MR) is 124 cm³/mol. The number of piperidine rings is 1. The van der Waals surface area contributed by atoms with Crippen LogP contribution in [0.3, 0.4) is 0 Å². The molecule has 1 fully saturated rings. The number of nitrogens with two attached hydrogens (primary N) is 1. The standard InChI is InChI=1S/C24H22FN7O2/c1-2-20(33)31-11-3-4-17(13-31)32-24-21(23(26)28-14-29-24)22(30-32)15-5-10-19(27-12-15)34-18-8-6-16(25)7-9-18/h2,5-10,12,14,17H,1,3-4,11,13H2,(H2,26,28,29)/t17-/m1/s1. The molecule has 1 atom stereocenters. The van der Waals surface area contributed by atoms with E-state index in [1.54, 1.807) is 17.2 Å². The van der Waals surface area contributed by atoms with Crippen LogP contribution in [0.15, 0.2) is 61.6 Å². The highest BCUT2D eigenvalue weighted by Gasteiger charge is 2.28. The minimum absolute atomic E-state index is 0.0581. The number of halogens is 1. The first-order chi connectivity index (χ1) is 16.5. The van der Waals surface area contributed by atoms with Crippen LogP contribution in [0.25, 0.3) is 22.3 Å². The van der Waals surface area contributed by atoms with E-state index in [1.165, 1.54) is 36.7 Å². The van der Waals surface area contributed by atoms with Gasteiger partial charge in [0.05, 0.1) is 11.4 Å². The van der Waals surface area contributed by atoms with Crippen molar-refractivity contribution in [3.05, 3.63) is 67.4 Å². The molecule has 34 heavy (non-hydrogen) atoms. The van der Waals surface area contributed by atoms with Crippen molar-refractivity contribution in [1.29, 1.82) is 0 Å². The van der Waals surface area contributed by atoms with Crippen molar-refractivity contribution in [2.24, 2.45) is 0 Å². The third-order valence-corrected chi connectivity index (χ3v) is 5.79. The van der Waals surface area contributed by atoms with Crippen molar-refractivity contribution in [3.8, 4) is 22.9 Å². The lowest BCUT2D eigenvalue weighted by molar-refractivity contribution is -0.127. The first kappa shape index (κ1) is 21.5. The van der Waals surface area contributed by atoms with Crippen LogP contribution < -0.4 is 10.5 Å². The van der Waals surface area contributed by atoms with Crippen molar-refractivity contribution in [1.82, 2.24) is 29.6 Å². The summed E-state index contributed by atoms with van der Waals surface area (Å²) in [6.45, 7) is 4.78. The van der Waals surface area contributed by atoms with Crippen LogP contribution in [0, 0.1) is 5.82 Å². The quantitative estimate of drug-likeness (QED) is 0.452. The fraction of sp³-hybridized carbons (Fsp3) is 0.208. The van der Waals surface area contributed by atoms with E-state index in [1.807, 2.05) is 10.7 Å². The molecule has 0 aliphatic carbocycles. The molecule has 10 heteroatoms. The van der Waals surface area contributed by atoms with Crippen LogP contribution >= 0.6 is 0 Å². The number of likely N-dealkylation sites (tertiary alicyclic amines) is 1. The molecule has 1 saturated heterocycles. The molecule has 2 N–H and O–H groups in total. The second-order valence-corrected chi connectivity index (χ2v) is 7.98. The smallest absolute Gasteiger partial charge is 0.246 e. The highest BCUT2D eigenvalue weighted by Crippen LogP contribution is 2.34. The third-order valence-electron chi connectivity index (χ3n) is 5.79. The van der Waals surface area contributed by atoms with Gasteiger partial charge in [-0.15, -0.1) is 0 Å². The Hall–Kier alpha value is -4.34. The molecule has 0 spiro atoms. The van der Waals surface area contributed by atoms with E-state index in [0.29, 0.717) is 52.8 Å². The highest BCUT2D eigenvalue weighted by molar-refractivity contribution is 5.98. The number of aromatic nitrogens is 5. The van der Waals surface area contributed by atoms with E-state index in [9.17, 15) is 9.18 Å². The summed E-state index contributed by atoms with van der Waals surface area (Å²) >= 11 is 0. The van der Waals surface area contributed by atoms with E-state index in [2.05, 4.69) is 21.5 Å². The Morgan fingerprint density at radius 2 is 2.00 bits per heavy atom. The van der Waals surface area contributed by atoms with Gasteiger partial charge >= 0.3 is 0 Å². The molecule has 0 bridgehead atoms. The van der Waals surface area contributed by atoms with Crippen molar-refractivity contribution in [2.75, 3.05) is 18.8 Å². The molecule has 4 heterocycles. The number of rotatable bonds is 5. The van der Waals surface area contributed by atoms with Crippen LogP contribution in [0.5, 0.6) is 11.6 Å². The predicted octanol–water partition coefficient (Wildman–Crippen LogP) is 3.75. The Balaban J connectivity index is 1.48. The van der Waals surface area contributed by atoms with Gasteiger partial charge in [-0.05, 0) is 49.2 Å². The number of pyridine rings is 1. The molecule has 1 aromatic carbocycles. The normalized spacial score (nSPS) is 15.9. The molecule has 0 saturated carbocycles. The number of hydrogen-bond acceptors (Lipinski definition) is 7. The number of carbonyl (C=O) groups excluding carboxylic acids is 1. The summed E-state index contributed by atoms with van der Waals surface area (Å²) in [5, 5.41) is 5.46. The Kier molecular flexibility index (Phi) is 5.62. The summed E-state index contributed by atoms with van der Waals surface area (Å²) in [6, 6.07) is 9.16. The molecule has 4 aromatic rings. The van der Waals surface area contributed by atoms with Gasteiger partial charge in [0, 0.05) is 30.9 Å². The SMILES string of the molecule is C=CC(=O)N1CCC[C@@H](n2nc(-c3ccc(Oc4ccc(F)cc4)nc3)c3c(N)ncnc32)C1. The Morgan fingerprint density at radius 1 is 1.18 bits per heavy atom. The average Bonchev–Trinajstić information content (AvgIpc) is 3.26. The van der Waals surface area contributed by atoms with Crippen molar-refractivity contribution in [2.45, 2.75) is 18.9 Å². The molecular weight excluding hydrogens is 437 g/mol. The van der Waals surface area contributed by atoms with Gasteiger partial charge in [0.25, 0.3) is 0 Å². The second kappa shape index (κ2) is 8.89. The number of nitrogen functional groups attached to an aromatic ring is 1. The topological polar surface area (TPSA) is 112 Å². The molecular formula is C24H22FN7O2. The first-order valence-electron chi connectivity index (χ1n) is 10.8. The van der Waals surface area contributed by atoms with Crippen molar-refractivity contribution >= 4 is 22.8 Å². The molecule has 1 aliphatic rings. The Morgan fingerprint density at radius 3 is 2.74 bits per heavy atom. The first-order valence-corrected chi connectivity index (χ1v) is 10.8. The van der Waals surface area contributed by atoms with Gasteiger partial charge in [-0.25, -0.2) is 24.0 Å². The molecule has 3 aromatic heterocycles. The van der Waals surface area contributed by atoms with Gasteiger partial charge in [-0.2, -0.15) is 5.10 Å². The van der Waals surface area contributed by atoms with Crippen molar-refractivity contribution in [3.63, 3.8) is 0 Å². The summed E-state index contributed by atoms with van der Waals surface area (Å²) in [6.07, 6.45) is 6.07. The fourth-order valence-electron chi connectivity index (χ4n) is 4.14. The van der Waals surface area contributed by atoms with E-state index in [0.717, 1.165) is 12.8 Å². The zero-order valence-corrected chi connectivity index (χ0v) is 18.3. The maximum atomic E-state index is 13.1. The average molecular weight is 459 g/mol. The van der Waals surface area contributed by atoms with Crippen LogP contribution in [-0.4, -0.2) is 48.6 Å². The van der Waals surface area contributed by atoms with Crippen LogP contribution in [0.1, 0.15) is 18.9 Å². The zero-order valence-electron chi connectivity index (χ0n) is 18.3. The molecule has 172 valence electrons. The number of amides is 1. The van der Waals surface area contributed by atoms with Gasteiger partial charge in [0.1, 0.15) is 29.4 Å². The minimum atomic E-state index is -0.340. The molecule has 1 aliphatic heterocycles. The largest absolute Gasteiger partial charge is 0.439 e. The van der Waals surface area contributed by atoms with Gasteiger partial charge in [-0.3, -0.25) is 4.79 Å². The minimum Gasteiger partial charge on any atom is -0.439 e. The highest BCUT2D eigenvalue weighted by atomic mass is 19.1. The van der Waals surface area contributed by atoms with Gasteiger partial charge < -0.3 is 15.4 Å². The van der Waals surface area contributed by atoms with Crippen LogP contribution in [-0.2, 0) is 4.79 Å². The van der Waals surface area contributed by atoms with E-state index < -0.39 is 0 Å². The number of hydrogen-bond donors (Lipinski definition) is 1. The lowest BCUT2D eigenvalue weighted by Crippen LogP contribution is -2.40. The second-order valence-electron chi connectivity index (χ2n) is 7.98. The number of carbonyl (C=O) groups is 1. The monoisotopic (exact) mass is 459 g/mol. The number of anilines is 1. The van der Waals surface area contributed by atoms with Crippen LogP contribution in [0.2, 0.25) is 0 Å². The van der Waals surface area contributed by atoms with E-state index >= 15 is 0 Å². The molecule has 0 unspecified atom stereocenters. The van der Waals surface area contributed by atoms with Gasteiger partial charge in [-0.1, -0.05) is 6.58 Å². The number of fused-ring (bicyclic) bond motifs is 1.